The van der Waals surface area contributed by atoms with E-state index in [4.69, 9.17) is 5.11 Å². The van der Waals surface area contributed by atoms with Gasteiger partial charge in [0.25, 0.3) is 0 Å². The van der Waals surface area contributed by atoms with Crippen LogP contribution in [-0.4, -0.2) is 21.9 Å². The van der Waals surface area contributed by atoms with Crippen molar-refractivity contribution in [2.24, 2.45) is 5.10 Å². The van der Waals surface area contributed by atoms with Crippen molar-refractivity contribution >= 4 is 17.4 Å². The Hall–Kier alpha value is -2.82. The molecule has 0 spiro atoms. The molecule has 2 aromatic rings. The summed E-state index contributed by atoms with van der Waals surface area (Å²) in [7, 11) is 0. The average Bonchev–Trinajstić information content (AvgIpc) is 2.90. The van der Waals surface area contributed by atoms with Crippen LogP contribution in [0.5, 0.6) is 5.75 Å². The van der Waals surface area contributed by atoms with E-state index in [2.05, 4.69) is 10.5 Å². The minimum Gasteiger partial charge on any atom is -0.508 e. The lowest BCUT2D eigenvalue weighted by atomic mass is 10.1. The van der Waals surface area contributed by atoms with E-state index in [0.717, 1.165) is 29.7 Å². The normalized spacial score (nSPS) is 15.0. The Kier molecular flexibility index (Phi) is 3.31. The fourth-order valence-corrected chi connectivity index (χ4v) is 2.50. The van der Waals surface area contributed by atoms with Crippen LogP contribution in [0.1, 0.15) is 27.9 Å². The predicted octanol–water partition coefficient (Wildman–Crippen LogP) is 2.85. The molecule has 0 radical (unpaired) electrons. The highest BCUT2D eigenvalue weighted by Crippen LogP contribution is 2.30. The highest BCUT2D eigenvalue weighted by Gasteiger charge is 2.20. The maximum atomic E-state index is 11.1. The number of nitrogens with zero attached hydrogens (tertiary/aromatic N) is 1. The number of aromatic carboxylic acids is 1. The van der Waals surface area contributed by atoms with Gasteiger partial charge in [-0.05, 0) is 31.0 Å². The molecule has 5 heteroatoms. The van der Waals surface area contributed by atoms with Gasteiger partial charge in [-0.2, -0.15) is 5.10 Å². The van der Waals surface area contributed by atoms with Crippen LogP contribution >= 0.6 is 0 Å². The fourth-order valence-electron chi connectivity index (χ4n) is 2.50. The Morgan fingerprint density at radius 2 is 1.90 bits per heavy atom. The second kappa shape index (κ2) is 5.28. The van der Waals surface area contributed by atoms with Gasteiger partial charge in [0.05, 0.1) is 17.0 Å². The van der Waals surface area contributed by atoms with Gasteiger partial charge in [0.15, 0.2) is 0 Å². The molecule has 3 N–H and O–H groups in total. The zero-order chi connectivity index (χ0) is 14.8. The van der Waals surface area contributed by atoms with Gasteiger partial charge in [-0.25, -0.2) is 4.79 Å². The van der Waals surface area contributed by atoms with E-state index in [1.165, 1.54) is 6.07 Å². The molecule has 1 aliphatic rings. The van der Waals surface area contributed by atoms with Crippen molar-refractivity contribution in [3.8, 4) is 5.75 Å². The summed E-state index contributed by atoms with van der Waals surface area (Å²) in [5.74, 6) is -0.716. The standard InChI is InChI=1S/C16H14N2O3/c19-15-7-3-5-10-11(15)8-9-14(10)18-17-13-6-2-1-4-12(13)16(20)21/h1-7,17,19H,8-9H2,(H,20,21)/b18-14+. The smallest absolute Gasteiger partial charge is 0.337 e. The number of carboxylic acid groups (broad SMARTS) is 1. The number of carbonyl (C=O) groups is 1. The number of benzene rings is 2. The number of phenolic OH excluding ortho intramolecular Hbond substituents is 1. The van der Waals surface area contributed by atoms with Crippen LogP contribution in [-0.2, 0) is 6.42 Å². The SMILES string of the molecule is O=C(O)c1ccccc1N/N=C1\CCc2c(O)cccc21. The Morgan fingerprint density at radius 3 is 2.71 bits per heavy atom. The van der Waals surface area contributed by atoms with Crippen LogP contribution in [0.2, 0.25) is 0 Å². The molecule has 0 heterocycles. The Labute approximate surface area is 121 Å². The summed E-state index contributed by atoms with van der Waals surface area (Å²) in [4.78, 5) is 11.1. The lowest BCUT2D eigenvalue weighted by Gasteiger charge is -2.06. The number of hydrazone groups is 1. The first-order valence-electron chi connectivity index (χ1n) is 6.63. The van der Waals surface area contributed by atoms with E-state index in [0.29, 0.717) is 5.69 Å². The third-order valence-electron chi connectivity index (χ3n) is 3.54. The Morgan fingerprint density at radius 1 is 1.10 bits per heavy atom. The van der Waals surface area contributed by atoms with Crippen molar-refractivity contribution in [1.29, 1.82) is 0 Å². The number of phenols is 1. The second-order valence-corrected chi connectivity index (χ2v) is 4.82. The molecule has 0 saturated carbocycles. The minimum atomic E-state index is -0.997. The molecule has 0 unspecified atom stereocenters. The summed E-state index contributed by atoms with van der Waals surface area (Å²) in [6, 6.07) is 12.0. The van der Waals surface area contributed by atoms with Crippen LogP contribution < -0.4 is 5.43 Å². The van der Waals surface area contributed by atoms with Crippen molar-refractivity contribution in [2.75, 3.05) is 5.43 Å². The summed E-state index contributed by atoms with van der Waals surface area (Å²) < 4.78 is 0. The summed E-state index contributed by atoms with van der Waals surface area (Å²) in [6.07, 6.45) is 1.46. The van der Waals surface area contributed by atoms with Gasteiger partial charge in [-0.15, -0.1) is 0 Å². The fraction of sp³-hybridized carbons (Fsp3) is 0.125. The van der Waals surface area contributed by atoms with Gasteiger partial charge >= 0.3 is 5.97 Å². The molecule has 5 nitrogen and oxygen atoms in total. The molecule has 2 aromatic carbocycles. The topological polar surface area (TPSA) is 81.9 Å². The van der Waals surface area contributed by atoms with Crippen molar-refractivity contribution < 1.29 is 15.0 Å². The van der Waals surface area contributed by atoms with Crippen molar-refractivity contribution in [3.05, 3.63) is 59.2 Å². The van der Waals surface area contributed by atoms with Crippen molar-refractivity contribution in [1.82, 2.24) is 0 Å². The van der Waals surface area contributed by atoms with Gasteiger partial charge < -0.3 is 10.2 Å². The number of anilines is 1. The third kappa shape index (κ3) is 2.45. The van der Waals surface area contributed by atoms with Crippen LogP contribution in [0.25, 0.3) is 0 Å². The number of carboxylic acids is 1. The van der Waals surface area contributed by atoms with E-state index in [-0.39, 0.29) is 11.3 Å². The van der Waals surface area contributed by atoms with Crippen LogP contribution in [0.15, 0.2) is 47.6 Å². The van der Waals surface area contributed by atoms with Crippen LogP contribution in [0.4, 0.5) is 5.69 Å². The van der Waals surface area contributed by atoms with Gasteiger partial charge in [0.1, 0.15) is 5.75 Å². The minimum absolute atomic E-state index is 0.177. The Bertz CT molecular complexity index is 738. The molecule has 0 aromatic heterocycles. The molecule has 0 aliphatic heterocycles. The molecule has 0 fully saturated rings. The van der Waals surface area contributed by atoms with E-state index in [1.807, 2.05) is 6.07 Å². The number of hydrogen-bond donors (Lipinski definition) is 3. The zero-order valence-corrected chi connectivity index (χ0v) is 11.2. The van der Waals surface area contributed by atoms with E-state index in [9.17, 15) is 9.90 Å². The Balaban J connectivity index is 1.90. The highest BCUT2D eigenvalue weighted by atomic mass is 16.4. The first-order valence-corrected chi connectivity index (χ1v) is 6.63. The monoisotopic (exact) mass is 282 g/mol. The molecule has 0 atom stereocenters. The van der Waals surface area contributed by atoms with E-state index < -0.39 is 5.97 Å². The van der Waals surface area contributed by atoms with Crippen LogP contribution in [0, 0.1) is 0 Å². The third-order valence-corrected chi connectivity index (χ3v) is 3.54. The quantitative estimate of drug-likeness (QED) is 0.756. The number of fused-ring (bicyclic) bond motifs is 1. The summed E-state index contributed by atoms with van der Waals surface area (Å²) in [6.45, 7) is 0. The number of rotatable bonds is 3. The summed E-state index contributed by atoms with van der Waals surface area (Å²) in [5.41, 5.74) is 6.08. The lowest BCUT2D eigenvalue weighted by Crippen LogP contribution is -2.04. The van der Waals surface area contributed by atoms with Crippen molar-refractivity contribution in [3.63, 3.8) is 0 Å². The zero-order valence-electron chi connectivity index (χ0n) is 11.2. The molecule has 1 aliphatic carbocycles. The first kappa shape index (κ1) is 13.2. The second-order valence-electron chi connectivity index (χ2n) is 4.82. The maximum Gasteiger partial charge on any atom is 0.337 e. The maximum absolute atomic E-state index is 11.1. The molecule has 106 valence electrons. The molecule has 0 saturated heterocycles. The molecule has 0 amide bonds. The molecular weight excluding hydrogens is 268 g/mol. The number of nitrogens with one attached hydrogen (secondary N) is 1. The largest absolute Gasteiger partial charge is 0.508 e. The van der Waals surface area contributed by atoms with E-state index >= 15 is 0 Å². The van der Waals surface area contributed by atoms with Gasteiger partial charge in [-0.3, -0.25) is 5.43 Å². The van der Waals surface area contributed by atoms with Crippen LogP contribution in [0.3, 0.4) is 0 Å². The van der Waals surface area contributed by atoms with Gasteiger partial charge in [0.2, 0.25) is 0 Å². The van der Waals surface area contributed by atoms with Gasteiger partial charge in [0, 0.05) is 11.1 Å². The average molecular weight is 282 g/mol. The molecule has 3 rings (SSSR count). The summed E-state index contributed by atoms with van der Waals surface area (Å²) >= 11 is 0. The van der Waals surface area contributed by atoms with Crippen molar-refractivity contribution in [2.45, 2.75) is 12.8 Å². The summed E-state index contributed by atoms with van der Waals surface area (Å²) in [5, 5.41) is 23.2. The number of para-hydroxylation sites is 1. The van der Waals surface area contributed by atoms with E-state index in [1.54, 1.807) is 30.3 Å². The lowest BCUT2D eigenvalue weighted by molar-refractivity contribution is 0.0698. The highest BCUT2D eigenvalue weighted by molar-refractivity contribution is 6.05. The predicted molar refractivity (Wildman–Crippen MR) is 80.0 cm³/mol. The van der Waals surface area contributed by atoms with Gasteiger partial charge in [-0.1, -0.05) is 24.3 Å². The number of hydrogen-bond acceptors (Lipinski definition) is 4. The molecular formula is C16H14N2O3. The number of aromatic hydroxyl groups is 1. The molecule has 21 heavy (non-hydrogen) atoms. The molecule has 0 bridgehead atoms. The first-order chi connectivity index (χ1) is 10.2.